The fourth-order valence-corrected chi connectivity index (χ4v) is 5.33. The fraction of sp³-hybridized carbons (Fsp3) is 0.281. The second kappa shape index (κ2) is 10.5. The molecule has 6 nitrogen and oxygen atoms in total. The number of hydrogen-bond donors (Lipinski definition) is 1. The molecule has 0 aliphatic heterocycles. The normalized spacial score (nSPS) is 15.9. The van der Waals surface area contributed by atoms with Gasteiger partial charge in [0.25, 0.3) is 5.91 Å². The van der Waals surface area contributed by atoms with E-state index in [2.05, 4.69) is 40.6 Å². The van der Waals surface area contributed by atoms with Crippen LogP contribution in [-0.4, -0.2) is 33.7 Å². The van der Waals surface area contributed by atoms with Crippen molar-refractivity contribution in [2.75, 3.05) is 12.4 Å². The molecule has 2 aliphatic carbocycles. The van der Waals surface area contributed by atoms with Crippen LogP contribution in [0.1, 0.15) is 76.1 Å². The summed E-state index contributed by atoms with van der Waals surface area (Å²) in [4.78, 5) is 15.9. The molecule has 1 heterocycles. The second-order valence-electron chi connectivity index (χ2n) is 10.8. The molecule has 1 atom stereocenters. The maximum Gasteiger partial charge on any atom is 0.435 e. The minimum absolute atomic E-state index is 0.0332. The van der Waals surface area contributed by atoms with Crippen LogP contribution in [0.2, 0.25) is 0 Å². The van der Waals surface area contributed by atoms with E-state index in [4.69, 9.17) is 0 Å². The Morgan fingerprint density at radius 1 is 1.00 bits per heavy atom. The van der Waals surface area contributed by atoms with Gasteiger partial charge < -0.3 is 5.32 Å². The second-order valence-corrected chi connectivity index (χ2v) is 10.8. The summed E-state index contributed by atoms with van der Waals surface area (Å²) < 4.78 is 41.9. The number of rotatable bonds is 8. The summed E-state index contributed by atoms with van der Waals surface area (Å²) >= 11 is 0. The van der Waals surface area contributed by atoms with Crippen molar-refractivity contribution in [3.05, 3.63) is 113 Å². The van der Waals surface area contributed by atoms with Crippen molar-refractivity contribution in [2.45, 2.75) is 49.9 Å². The molecule has 1 N–H and O–H groups in total. The molecule has 4 aromatic rings. The fourth-order valence-electron chi connectivity index (χ4n) is 5.33. The number of nitrogens with zero attached hydrogens (tertiary/aromatic N) is 4. The third-order valence-electron chi connectivity index (χ3n) is 7.70. The highest BCUT2D eigenvalue weighted by atomic mass is 19.4. The van der Waals surface area contributed by atoms with Crippen LogP contribution in [0.5, 0.6) is 0 Å². The Morgan fingerprint density at radius 2 is 1.76 bits per heavy atom. The molecular formula is C32H28F3N5O. The third-order valence-corrected chi connectivity index (χ3v) is 7.70. The van der Waals surface area contributed by atoms with Crippen LogP contribution in [0.15, 0.2) is 78.9 Å². The molecule has 0 saturated heterocycles. The Kier molecular flexibility index (Phi) is 6.88. The summed E-state index contributed by atoms with van der Waals surface area (Å²) in [5.74, 6) is -0.328. The molecule has 0 radical (unpaired) electrons. The molecule has 208 valence electrons. The summed E-state index contributed by atoms with van der Waals surface area (Å²) in [6.07, 6.45) is -0.373. The Labute approximate surface area is 236 Å². The number of nitrogens with one attached hydrogen (secondary N) is 1. The third kappa shape index (κ3) is 5.74. The molecule has 9 heteroatoms. The molecule has 41 heavy (non-hydrogen) atoms. The highest BCUT2D eigenvalue weighted by Gasteiger charge is 2.37. The molecule has 0 bridgehead atoms. The number of carbonyl (C=O) groups is 1. The first kappa shape index (κ1) is 26.8. The first-order valence-corrected chi connectivity index (χ1v) is 13.6. The standard InChI is InChI=1S/C32H28F3N5O/c1-39(26-12-13-26)30(22-7-3-2-4-8-22)24-15-23(21-10-11-21)16-25(17-24)37-31(41)28-18-29(32(33,34)35)38-40(28)27-9-5-6-20(14-27)19-36/h2-9,14-18,21,26,30H,10-13H2,1H3,(H,37,41). The molecule has 3 aromatic carbocycles. The summed E-state index contributed by atoms with van der Waals surface area (Å²) in [6.45, 7) is 0. The number of nitriles is 1. The largest absolute Gasteiger partial charge is 0.435 e. The van der Waals surface area contributed by atoms with Gasteiger partial charge in [-0.1, -0.05) is 42.5 Å². The number of aromatic nitrogens is 2. The van der Waals surface area contributed by atoms with Crippen LogP contribution < -0.4 is 5.32 Å². The number of amides is 1. The van der Waals surface area contributed by atoms with E-state index in [1.54, 1.807) is 0 Å². The molecule has 2 saturated carbocycles. The molecule has 0 spiro atoms. The van der Waals surface area contributed by atoms with Gasteiger partial charge in [-0.25, -0.2) is 4.68 Å². The highest BCUT2D eigenvalue weighted by Crippen LogP contribution is 2.44. The van der Waals surface area contributed by atoms with Crippen molar-refractivity contribution in [3.8, 4) is 11.8 Å². The van der Waals surface area contributed by atoms with E-state index in [1.807, 2.05) is 36.4 Å². The number of halogens is 3. The summed E-state index contributed by atoms with van der Waals surface area (Å²) in [7, 11) is 2.12. The molecule has 2 fully saturated rings. The van der Waals surface area contributed by atoms with Gasteiger partial charge in [0.2, 0.25) is 0 Å². The molecule has 6 rings (SSSR count). The van der Waals surface area contributed by atoms with E-state index in [1.165, 1.54) is 24.3 Å². The first-order chi connectivity index (χ1) is 19.7. The zero-order valence-electron chi connectivity index (χ0n) is 22.4. The van der Waals surface area contributed by atoms with Crippen LogP contribution in [0.25, 0.3) is 5.69 Å². The lowest BCUT2D eigenvalue weighted by Gasteiger charge is -2.30. The smallest absolute Gasteiger partial charge is 0.321 e. The first-order valence-electron chi connectivity index (χ1n) is 13.6. The number of alkyl halides is 3. The Hall–Kier alpha value is -4.42. The van der Waals surface area contributed by atoms with Gasteiger partial charge in [0.1, 0.15) is 5.69 Å². The molecular weight excluding hydrogens is 527 g/mol. The van der Waals surface area contributed by atoms with E-state index >= 15 is 0 Å². The van der Waals surface area contributed by atoms with Crippen molar-refractivity contribution in [2.24, 2.45) is 0 Å². The van der Waals surface area contributed by atoms with E-state index < -0.39 is 17.8 Å². The van der Waals surface area contributed by atoms with E-state index in [0.29, 0.717) is 17.6 Å². The number of carbonyl (C=O) groups excluding carboxylic acids is 1. The molecule has 2 aliphatic rings. The predicted octanol–water partition coefficient (Wildman–Crippen LogP) is 7.08. The van der Waals surface area contributed by atoms with Crippen LogP contribution >= 0.6 is 0 Å². The molecule has 1 unspecified atom stereocenters. The van der Waals surface area contributed by atoms with E-state index in [-0.39, 0.29) is 23.0 Å². The quantitative estimate of drug-likeness (QED) is 0.252. The van der Waals surface area contributed by atoms with Crippen molar-refractivity contribution in [1.29, 1.82) is 5.26 Å². The molecule has 1 amide bonds. The zero-order chi connectivity index (χ0) is 28.7. The maximum atomic E-state index is 13.7. The van der Waals surface area contributed by atoms with Gasteiger partial charge in [0, 0.05) is 17.8 Å². The van der Waals surface area contributed by atoms with Gasteiger partial charge in [-0.15, -0.1) is 0 Å². The topological polar surface area (TPSA) is 74.0 Å². The zero-order valence-corrected chi connectivity index (χ0v) is 22.4. The van der Waals surface area contributed by atoms with Crippen molar-refractivity contribution < 1.29 is 18.0 Å². The number of benzene rings is 3. The summed E-state index contributed by atoms with van der Waals surface area (Å²) in [5, 5.41) is 15.8. The van der Waals surface area contributed by atoms with Gasteiger partial charge in [-0.2, -0.15) is 23.5 Å². The van der Waals surface area contributed by atoms with Crippen LogP contribution in [0.3, 0.4) is 0 Å². The van der Waals surface area contributed by atoms with Gasteiger partial charge in [-0.3, -0.25) is 9.69 Å². The maximum absolute atomic E-state index is 13.7. The van der Waals surface area contributed by atoms with E-state index in [0.717, 1.165) is 53.1 Å². The van der Waals surface area contributed by atoms with Gasteiger partial charge in [-0.05, 0) is 85.7 Å². The average molecular weight is 556 g/mol. The summed E-state index contributed by atoms with van der Waals surface area (Å²) in [5.41, 5.74) is 2.75. The van der Waals surface area contributed by atoms with Crippen molar-refractivity contribution in [1.82, 2.24) is 14.7 Å². The van der Waals surface area contributed by atoms with Gasteiger partial charge >= 0.3 is 6.18 Å². The van der Waals surface area contributed by atoms with Crippen LogP contribution in [0.4, 0.5) is 18.9 Å². The Morgan fingerprint density at radius 3 is 2.41 bits per heavy atom. The minimum atomic E-state index is -4.75. The van der Waals surface area contributed by atoms with Crippen LogP contribution in [-0.2, 0) is 6.18 Å². The van der Waals surface area contributed by atoms with Crippen molar-refractivity contribution >= 4 is 11.6 Å². The highest BCUT2D eigenvalue weighted by molar-refractivity contribution is 6.03. The van der Waals surface area contributed by atoms with E-state index in [9.17, 15) is 23.2 Å². The monoisotopic (exact) mass is 555 g/mol. The lowest BCUT2D eigenvalue weighted by molar-refractivity contribution is -0.141. The lowest BCUT2D eigenvalue weighted by Crippen LogP contribution is -2.28. The Bertz CT molecular complexity index is 1630. The van der Waals surface area contributed by atoms with Crippen LogP contribution in [0, 0.1) is 11.3 Å². The molecule has 1 aromatic heterocycles. The number of hydrogen-bond acceptors (Lipinski definition) is 4. The van der Waals surface area contributed by atoms with Gasteiger partial charge in [0.15, 0.2) is 5.69 Å². The SMILES string of the molecule is CN(C1CC1)C(c1ccccc1)c1cc(NC(=O)c2cc(C(F)(F)F)nn2-c2cccc(C#N)c2)cc(C2CC2)c1. The summed E-state index contributed by atoms with van der Waals surface area (Å²) in [6, 6.07) is 25.4. The Balaban J connectivity index is 1.39. The van der Waals surface area contributed by atoms with Crippen molar-refractivity contribution in [3.63, 3.8) is 0 Å². The average Bonchev–Trinajstić information content (AvgIpc) is 3.90. The lowest BCUT2D eigenvalue weighted by atomic mass is 9.94. The minimum Gasteiger partial charge on any atom is -0.321 e. The van der Waals surface area contributed by atoms with Gasteiger partial charge in [0.05, 0.1) is 23.4 Å². The number of anilines is 1. The predicted molar refractivity (Wildman–Crippen MR) is 149 cm³/mol.